The Balaban J connectivity index is 1.77. The van der Waals surface area contributed by atoms with Crippen LogP contribution < -0.4 is 24.6 Å². The van der Waals surface area contributed by atoms with E-state index in [1.807, 2.05) is 6.92 Å². The van der Waals surface area contributed by atoms with Gasteiger partial charge in [0.2, 0.25) is 0 Å². The topological polar surface area (TPSA) is 128 Å². The van der Waals surface area contributed by atoms with E-state index in [0.717, 1.165) is 6.42 Å². The van der Waals surface area contributed by atoms with Crippen LogP contribution in [0.3, 0.4) is 0 Å². The summed E-state index contributed by atoms with van der Waals surface area (Å²) in [5.41, 5.74) is 0.961. The van der Waals surface area contributed by atoms with E-state index in [2.05, 4.69) is 9.71 Å². The minimum Gasteiger partial charge on any atom is -0.493 e. The molecule has 0 bridgehead atoms. The van der Waals surface area contributed by atoms with Crippen LogP contribution in [-0.4, -0.2) is 54.0 Å². The Labute approximate surface area is 226 Å². The Kier molecular flexibility index (Phi) is 8.51. The van der Waals surface area contributed by atoms with Crippen molar-refractivity contribution >= 4 is 26.7 Å². The lowest BCUT2D eigenvalue weighted by Gasteiger charge is -2.16. The molecule has 39 heavy (non-hydrogen) atoms. The van der Waals surface area contributed by atoms with Gasteiger partial charge in [0.05, 0.1) is 36.3 Å². The van der Waals surface area contributed by atoms with Gasteiger partial charge in [-0.3, -0.25) is 13.9 Å². The van der Waals surface area contributed by atoms with Crippen molar-refractivity contribution in [1.82, 2.24) is 18.7 Å². The van der Waals surface area contributed by atoms with E-state index in [9.17, 15) is 13.2 Å². The number of rotatable bonds is 13. The van der Waals surface area contributed by atoms with Gasteiger partial charge in [-0.05, 0) is 12.5 Å². The summed E-state index contributed by atoms with van der Waals surface area (Å²) in [6, 6.07) is 8.34. The maximum Gasteiger partial charge on any atom is 0.328 e. The highest BCUT2D eigenvalue weighted by atomic mass is 32.2. The highest BCUT2D eigenvalue weighted by Gasteiger charge is 2.22. The minimum atomic E-state index is -4.06. The van der Waals surface area contributed by atoms with Crippen molar-refractivity contribution in [2.24, 2.45) is 21.1 Å². The fourth-order valence-corrected chi connectivity index (χ4v) is 4.97. The summed E-state index contributed by atoms with van der Waals surface area (Å²) >= 11 is 0. The second-order valence-electron chi connectivity index (χ2n) is 9.01. The number of aromatic nitrogens is 4. The van der Waals surface area contributed by atoms with E-state index in [0.29, 0.717) is 54.5 Å². The number of ether oxygens (including phenoxy) is 4. The Hall–Kier alpha value is -3.97. The molecule has 0 saturated carbocycles. The van der Waals surface area contributed by atoms with Crippen LogP contribution in [0.5, 0.6) is 23.0 Å². The van der Waals surface area contributed by atoms with Gasteiger partial charge in [0.15, 0.2) is 10.8 Å². The van der Waals surface area contributed by atoms with Crippen LogP contribution in [0, 0.1) is 0 Å². The van der Waals surface area contributed by atoms with Gasteiger partial charge in [-0.25, -0.2) is 9.78 Å². The lowest BCUT2D eigenvalue weighted by Crippen LogP contribution is -2.19. The van der Waals surface area contributed by atoms with Gasteiger partial charge in [0.1, 0.15) is 17.2 Å². The zero-order chi connectivity index (χ0) is 28.2. The number of aryl methyl sites for hydroxylation is 3. The van der Waals surface area contributed by atoms with Gasteiger partial charge in [-0.2, -0.15) is 8.42 Å². The van der Waals surface area contributed by atoms with Crippen molar-refractivity contribution in [3.05, 3.63) is 53.3 Å². The summed E-state index contributed by atoms with van der Waals surface area (Å²) in [6.07, 6.45) is 4.30. The SMILES string of the molecule is CCCOc1cc(OCCCOC)cc(Oc2cc3c(cc2NS(=O)(=O)c2cn(C)cn2)n(C)c(=O)n3C)c1. The van der Waals surface area contributed by atoms with E-state index in [-0.39, 0.29) is 22.2 Å². The number of hydrogen-bond donors (Lipinski definition) is 1. The third-order valence-electron chi connectivity index (χ3n) is 5.89. The molecule has 13 heteroatoms. The largest absolute Gasteiger partial charge is 0.493 e. The lowest BCUT2D eigenvalue weighted by molar-refractivity contribution is 0.172. The van der Waals surface area contributed by atoms with Crippen LogP contribution in [0.1, 0.15) is 19.8 Å². The minimum absolute atomic E-state index is 0.136. The standard InChI is InChI=1S/C26H33N5O7S/c1-6-8-36-18-11-19(37-10-7-9-35-5)13-20(12-18)38-24-15-23-22(30(3)26(32)31(23)4)14-21(24)28-39(33,34)25-16-29(2)17-27-25/h11-17,28H,6-10H2,1-5H3. The first-order chi connectivity index (χ1) is 18.6. The number of benzene rings is 2. The van der Waals surface area contributed by atoms with Crippen molar-refractivity contribution in [2.75, 3.05) is 31.7 Å². The predicted octanol–water partition coefficient (Wildman–Crippen LogP) is 3.41. The van der Waals surface area contributed by atoms with E-state index in [4.69, 9.17) is 18.9 Å². The third-order valence-corrected chi connectivity index (χ3v) is 7.14. The fourth-order valence-electron chi connectivity index (χ4n) is 3.93. The molecule has 0 amide bonds. The monoisotopic (exact) mass is 559 g/mol. The van der Waals surface area contributed by atoms with Crippen molar-refractivity contribution in [3.63, 3.8) is 0 Å². The number of anilines is 1. The number of imidazole rings is 2. The second-order valence-corrected chi connectivity index (χ2v) is 10.6. The normalized spacial score (nSPS) is 11.6. The van der Waals surface area contributed by atoms with Gasteiger partial charge in [-0.1, -0.05) is 6.92 Å². The molecule has 0 aliphatic carbocycles. The van der Waals surface area contributed by atoms with Gasteiger partial charge in [0.25, 0.3) is 10.0 Å². The summed E-state index contributed by atoms with van der Waals surface area (Å²) in [4.78, 5) is 16.6. The first kappa shape index (κ1) is 28.0. The van der Waals surface area contributed by atoms with E-state index < -0.39 is 10.0 Å². The molecular weight excluding hydrogens is 526 g/mol. The first-order valence-corrected chi connectivity index (χ1v) is 13.9. The maximum absolute atomic E-state index is 13.1. The smallest absolute Gasteiger partial charge is 0.328 e. The van der Waals surface area contributed by atoms with Gasteiger partial charge >= 0.3 is 5.69 Å². The van der Waals surface area contributed by atoms with Crippen LogP contribution in [0.25, 0.3) is 11.0 Å². The highest BCUT2D eigenvalue weighted by Crippen LogP contribution is 2.37. The quantitative estimate of drug-likeness (QED) is 0.247. The van der Waals surface area contributed by atoms with E-state index >= 15 is 0 Å². The zero-order valence-electron chi connectivity index (χ0n) is 22.6. The van der Waals surface area contributed by atoms with Crippen LogP contribution >= 0.6 is 0 Å². The molecule has 0 fully saturated rings. The molecule has 0 atom stereocenters. The maximum atomic E-state index is 13.1. The number of nitrogens with zero attached hydrogens (tertiary/aromatic N) is 4. The molecule has 4 aromatic rings. The van der Waals surface area contributed by atoms with Gasteiger partial charge < -0.3 is 23.5 Å². The molecule has 1 N–H and O–H groups in total. The number of sulfonamides is 1. The second kappa shape index (κ2) is 11.8. The Morgan fingerprint density at radius 2 is 1.54 bits per heavy atom. The molecule has 2 aromatic heterocycles. The first-order valence-electron chi connectivity index (χ1n) is 12.4. The third kappa shape index (κ3) is 6.37. The molecule has 0 unspecified atom stereocenters. The summed E-state index contributed by atoms with van der Waals surface area (Å²) in [5.74, 6) is 1.61. The summed E-state index contributed by atoms with van der Waals surface area (Å²) < 4.78 is 56.3. The van der Waals surface area contributed by atoms with Gasteiger partial charge in [0, 0.05) is 71.7 Å². The van der Waals surface area contributed by atoms with Crippen molar-refractivity contribution < 1.29 is 27.4 Å². The Morgan fingerprint density at radius 1 is 0.897 bits per heavy atom. The number of methoxy groups -OCH3 is 1. The fraction of sp³-hybridized carbons (Fsp3) is 0.385. The van der Waals surface area contributed by atoms with Crippen molar-refractivity contribution in [1.29, 1.82) is 0 Å². The average Bonchev–Trinajstić information content (AvgIpc) is 3.43. The van der Waals surface area contributed by atoms with Crippen molar-refractivity contribution in [2.45, 2.75) is 24.8 Å². The molecular formula is C26H33N5O7S. The predicted molar refractivity (Wildman–Crippen MR) is 146 cm³/mol. The molecule has 2 heterocycles. The Morgan fingerprint density at radius 3 is 2.15 bits per heavy atom. The highest BCUT2D eigenvalue weighted by molar-refractivity contribution is 7.92. The van der Waals surface area contributed by atoms with E-state index in [1.165, 1.54) is 26.2 Å². The van der Waals surface area contributed by atoms with Crippen LogP contribution in [0.4, 0.5) is 5.69 Å². The van der Waals surface area contributed by atoms with Gasteiger partial charge in [-0.15, -0.1) is 0 Å². The van der Waals surface area contributed by atoms with Crippen LogP contribution in [0.15, 0.2) is 52.7 Å². The van der Waals surface area contributed by atoms with E-state index in [1.54, 1.807) is 58.6 Å². The lowest BCUT2D eigenvalue weighted by atomic mass is 10.2. The number of nitrogens with one attached hydrogen (secondary N) is 1. The summed E-state index contributed by atoms with van der Waals surface area (Å²) in [6.45, 7) is 3.49. The van der Waals surface area contributed by atoms with Crippen LogP contribution in [0.2, 0.25) is 0 Å². The molecule has 4 rings (SSSR count). The molecule has 0 aliphatic rings. The molecule has 0 radical (unpaired) electrons. The van der Waals surface area contributed by atoms with Crippen LogP contribution in [-0.2, 0) is 35.9 Å². The number of fused-ring (bicyclic) bond motifs is 1. The average molecular weight is 560 g/mol. The molecule has 0 aliphatic heterocycles. The summed E-state index contributed by atoms with van der Waals surface area (Å²) in [7, 11) is 2.50. The molecule has 210 valence electrons. The number of hydrogen-bond acceptors (Lipinski definition) is 8. The Bertz CT molecular complexity index is 1620. The molecule has 2 aromatic carbocycles. The van der Waals surface area contributed by atoms with Crippen molar-refractivity contribution in [3.8, 4) is 23.0 Å². The molecule has 0 spiro atoms. The zero-order valence-corrected chi connectivity index (χ0v) is 23.4. The summed E-state index contributed by atoms with van der Waals surface area (Å²) in [5, 5.41) is -0.153. The molecule has 0 saturated heterocycles. The molecule has 12 nitrogen and oxygen atoms in total.